The van der Waals surface area contributed by atoms with E-state index in [0.29, 0.717) is 10.7 Å². The highest BCUT2D eigenvalue weighted by atomic mass is 79.9. The maximum atomic E-state index is 10.4. The van der Waals surface area contributed by atoms with Crippen molar-refractivity contribution in [1.82, 2.24) is 4.98 Å². The minimum Gasteiger partial charge on any atom is -0.302 e. The van der Waals surface area contributed by atoms with Crippen LogP contribution in [0.1, 0.15) is 10.5 Å². The fourth-order valence-corrected chi connectivity index (χ4v) is 1.94. The van der Waals surface area contributed by atoms with Crippen molar-refractivity contribution in [3.63, 3.8) is 0 Å². The molecular weight excluding hydrogens is 309 g/mol. The Morgan fingerprint density at radius 1 is 1.67 bits per heavy atom. The summed E-state index contributed by atoms with van der Waals surface area (Å²) in [4.78, 5) is 13.9. The summed E-state index contributed by atoms with van der Waals surface area (Å²) in [6.07, 6.45) is 2.33. The molecule has 0 fully saturated rings. The van der Waals surface area contributed by atoms with Crippen LogP contribution >= 0.6 is 43.5 Å². The Morgan fingerprint density at radius 3 is 2.83 bits per heavy atom. The van der Waals surface area contributed by atoms with Crippen LogP contribution in [0.5, 0.6) is 0 Å². The van der Waals surface area contributed by atoms with Gasteiger partial charge in [0.25, 0.3) is 0 Å². The van der Waals surface area contributed by atoms with E-state index in [1.165, 1.54) is 0 Å². The molecule has 1 rings (SSSR count). The molecule has 1 atom stereocenters. The minimum absolute atomic E-state index is 0.432. The van der Waals surface area contributed by atoms with Crippen LogP contribution in [0.25, 0.3) is 0 Å². The van der Waals surface area contributed by atoms with E-state index < -0.39 is 4.83 Å². The predicted molar refractivity (Wildman–Crippen MR) is 54.7 cm³/mol. The Labute approximate surface area is 91.6 Å². The number of hydrogen-bond donors (Lipinski definition) is 0. The Hall–Kier alpha value is 0.0700. The number of alkyl halides is 1. The molecule has 5 heteroatoms. The molecule has 0 aliphatic heterocycles. The van der Waals surface area contributed by atoms with Crippen molar-refractivity contribution in [3.8, 4) is 0 Å². The number of carbonyl (C=O) groups excluding carboxylic acids is 1. The van der Waals surface area contributed by atoms with E-state index in [1.54, 1.807) is 12.3 Å². The van der Waals surface area contributed by atoms with Crippen molar-refractivity contribution in [1.29, 1.82) is 0 Å². The van der Waals surface area contributed by atoms with Gasteiger partial charge in [0.2, 0.25) is 0 Å². The van der Waals surface area contributed by atoms with Gasteiger partial charge in [0, 0.05) is 10.7 Å². The van der Waals surface area contributed by atoms with Crippen molar-refractivity contribution < 1.29 is 4.79 Å². The highest BCUT2D eigenvalue weighted by molar-refractivity contribution is 9.10. The third-order valence-corrected chi connectivity index (χ3v) is 2.60. The van der Waals surface area contributed by atoms with Crippen molar-refractivity contribution in [3.05, 3.63) is 27.5 Å². The first-order valence-electron chi connectivity index (χ1n) is 3.05. The number of carbonyl (C=O) groups is 1. The standard InChI is InChI=1S/C7H4Br2ClNO/c8-4-1-6(10)7(11-2-4)5(9)3-12/h1-3,5H. The predicted octanol–water partition coefficient (Wildman–Crippen LogP) is 3.13. The van der Waals surface area contributed by atoms with E-state index in [2.05, 4.69) is 36.8 Å². The molecule has 1 heterocycles. The summed E-state index contributed by atoms with van der Waals surface area (Å²) in [5, 5.41) is 0.471. The van der Waals surface area contributed by atoms with Crippen LogP contribution in [0, 0.1) is 0 Å². The van der Waals surface area contributed by atoms with Gasteiger partial charge in [-0.05, 0) is 22.0 Å². The summed E-state index contributed by atoms with van der Waals surface area (Å²) in [5.41, 5.74) is 0.537. The van der Waals surface area contributed by atoms with Crippen LogP contribution < -0.4 is 0 Å². The van der Waals surface area contributed by atoms with Gasteiger partial charge in [-0.2, -0.15) is 0 Å². The third-order valence-electron chi connectivity index (χ3n) is 1.22. The van der Waals surface area contributed by atoms with Gasteiger partial charge in [0.05, 0.1) is 10.7 Å². The maximum absolute atomic E-state index is 10.4. The Bertz CT molecular complexity index is 305. The molecule has 1 aromatic rings. The van der Waals surface area contributed by atoms with E-state index >= 15 is 0 Å². The van der Waals surface area contributed by atoms with Gasteiger partial charge in [0.15, 0.2) is 0 Å². The summed E-state index contributed by atoms with van der Waals surface area (Å²) in [6, 6.07) is 1.70. The summed E-state index contributed by atoms with van der Waals surface area (Å²) in [7, 11) is 0. The molecule has 0 amide bonds. The zero-order valence-corrected chi connectivity index (χ0v) is 9.73. The highest BCUT2D eigenvalue weighted by Gasteiger charge is 2.11. The van der Waals surface area contributed by atoms with Crippen LogP contribution in [0.2, 0.25) is 5.02 Å². The van der Waals surface area contributed by atoms with Crippen molar-refractivity contribution in [2.24, 2.45) is 0 Å². The Balaban J connectivity index is 3.09. The monoisotopic (exact) mass is 311 g/mol. The van der Waals surface area contributed by atoms with Crippen molar-refractivity contribution in [2.75, 3.05) is 0 Å². The normalized spacial score (nSPS) is 12.6. The summed E-state index contributed by atoms with van der Waals surface area (Å²) >= 11 is 12.2. The van der Waals surface area contributed by atoms with Gasteiger partial charge in [0.1, 0.15) is 11.1 Å². The molecule has 0 radical (unpaired) electrons. The largest absolute Gasteiger partial charge is 0.302 e. The van der Waals surface area contributed by atoms with Gasteiger partial charge < -0.3 is 4.79 Å². The summed E-state index contributed by atoms with van der Waals surface area (Å²) in [5.74, 6) is 0. The molecule has 0 saturated carbocycles. The number of rotatable bonds is 2. The smallest absolute Gasteiger partial charge is 0.139 e. The highest BCUT2D eigenvalue weighted by Crippen LogP contribution is 2.27. The Kier molecular flexibility index (Phi) is 3.68. The second-order valence-corrected chi connectivity index (χ2v) is 4.37. The zero-order valence-electron chi connectivity index (χ0n) is 5.80. The number of halogens is 3. The number of pyridine rings is 1. The molecule has 0 saturated heterocycles. The molecule has 12 heavy (non-hydrogen) atoms. The summed E-state index contributed by atoms with van der Waals surface area (Å²) in [6.45, 7) is 0. The quantitative estimate of drug-likeness (QED) is 0.620. The van der Waals surface area contributed by atoms with Gasteiger partial charge in [-0.3, -0.25) is 4.98 Å². The van der Waals surface area contributed by atoms with Crippen LogP contribution in [-0.4, -0.2) is 11.3 Å². The fourth-order valence-electron chi connectivity index (χ4n) is 0.693. The van der Waals surface area contributed by atoms with Crippen LogP contribution in [0.4, 0.5) is 0 Å². The molecule has 0 bridgehead atoms. The molecule has 0 aromatic carbocycles. The Morgan fingerprint density at radius 2 is 2.33 bits per heavy atom. The first-order chi connectivity index (χ1) is 5.65. The fraction of sp³-hybridized carbons (Fsp3) is 0.143. The van der Waals surface area contributed by atoms with Crippen LogP contribution in [0.15, 0.2) is 16.7 Å². The first kappa shape index (κ1) is 10.2. The van der Waals surface area contributed by atoms with Crippen LogP contribution in [-0.2, 0) is 4.79 Å². The van der Waals surface area contributed by atoms with Crippen molar-refractivity contribution >= 4 is 49.7 Å². The first-order valence-corrected chi connectivity index (χ1v) is 5.14. The van der Waals surface area contributed by atoms with Crippen LogP contribution in [0.3, 0.4) is 0 Å². The molecule has 2 nitrogen and oxygen atoms in total. The van der Waals surface area contributed by atoms with E-state index in [4.69, 9.17) is 11.6 Å². The second-order valence-electron chi connectivity index (χ2n) is 2.06. The zero-order chi connectivity index (χ0) is 9.14. The van der Waals surface area contributed by atoms with E-state index in [0.717, 1.165) is 10.8 Å². The van der Waals surface area contributed by atoms with E-state index in [1.807, 2.05) is 0 Å². The topological polar surface area (TPSA) is 30.0 Å². The molecule has 0 aliphatic rings. The molecule has 0 aliphatic carbocycles. The average Bonchev–Trinajstić information content (AvgIpc) is 2.03. The number of nitrogens with zero attached hydrogens (tertiary/aromatic N) is 1. The number of aldehydes is 1. The lowest BCUT2D eigenvalue weighted by Crippen LogP contribution is -1.95. The molecule has 0 N–H and O–H groups in total. The van der Waals surface area contributed by atoms with E-state index in [9.17, 15) is 4.79 Å². The van der Waals surface area contributed by atoms with Gasteiger partial charge in [-0.15, -0.1) is 0 Å². The van der Waals surface area contributed by atoms with E-state index in [-0.39, 0.29) is 0 Å². The number of hydrogen-bond acceptors (Lipinski definition) is 2. The summed E-state index contributed by atoms with van der Waals surface area (Å²) < 4.78 is 0.793. The maximum Gasteiger partial charge on any atom is 0.139 e. The SMILES string of the molecule is O=CC(Br)c1ncc(Br)cc1Cl. The minimum atomic E-state index is -0.432. The van der Waals surface area contributed by atoms with Gasteiger partial charge in [-0.25, -0.2) is 0 Å². The lowest BCUT2D eigenvalue weighted by Gasteiger charge is -2.03. The van der Waals surface area contributed by atoms with Crippen molar-refractivity contribution in [2.45, 2.75) is 4.83 Å². The lowest BCUT2D eigenvalue weighted by atomic mass is 10.3. The molecule has 64 valence electrons. The number of aromatic nitrogens is 1. The van der Waals surface area contributed by atoms with Gasteiger partial charge >= 0.3 is 0 Å². The molecular formula is C7H4Br2ClNO. The third kappa shape index (κ3) is 2.28. The lowest BCUT2D eigenvalue weighted by molar-refractivity contribution is -0.107. The average molecular weight is 313 g/mol. The second kappa shape index (κ2) is 4.35. The van der Waals surface area contributed by atoms with Gasteiger partial charge in [-0.1, -0.05) is 27.5 Å². The molecule has 0 spiro atoms. The molecule has 1 aromatic heterocycles. The molecule has 1 unspecified atom stereocenters.